The predicted octanol–water partition coefficient (Wildman–Crippen LogP) is 3.79. The van der Waals surface area contributed by atoms with Crippen LogP contribution in [0.1, 0.15) is 11.1 Å². The van der Waals surface area contributed by atoms with E-state index in [1.54, 1.807) is 7.11 Å². The van der Waals surface area contributed by atoms with E-state index in [9.17, 15) is 0 Å². The van der Waals surface area contributed by atoms with Crippen molar-refractivity contribution < 1.29 is 4.74 Å². The Morgan fingerprint density at radius 3 is 1.84 bits per heavy atom. The van der Waals surface area contributed by atoms with Crippen molar-refractivity contribution in [2.24, 2.45) is 0 Å². The smallest absolute Gasteiger partial charge is 0.133 e. The molecule has 3 heteroatoms. The largest absolute Gasteiger partial charge is 0.368 e. The summed E-state index contributed by atoms with van der Waals surface area (Å²) >= 11 is 1.21. The van der Waals surface area contributed by atoms with Gasteiger partial charge in [0.2, 0.25) is 0 Å². The molecule has 0 unspecified atom stereocenters. The molecule has 0 heterocycles. The number of hydrogen-bond acceptors (Lipinski definition) is 3. The topological polar surface area (TPSA) is 33.0 Å². The first kappa shape index (κ1) is 13.7. The number of nitriles is 1. The highest BCUT2D eigenvalue weighted by molar-refractivity contribution is 8.03. The van der Waals surface area contributed by atoms with Gasteiger partial charge in [-0.1, -0.05) is 60.7 Å². The molecule has 96 valence electrons. The van der Waals surface area contributed by atoms with Crippen molar-refractivity contribution in [2.45, 2.75) is 5.60 Å². The molecule has 0 aliphatic heterocycles. The van der Waals surface area contributed by atoms with E-state index in [1.165, 1.54) is 11.8 Å². The third-order valence-electron chi connectivity index (χ3n) is 3.17. The molecule has 0 radical (unpaired) electrons. The van der Waals surface area contributed by atoms with Gasteiger partial charge in [-0.15, -0.1) is 0 Å². The zero-order chi connectivity index (χ0) is 13.6. The average molecular weight is 269 g/mol. The molecule has 19 heavy (non-hydrogen) atoms. The molecule has 2 aromatic carbocycles. The van der Waals surface area contributed by atoms with E-state index in [2.05, 4.69) is 5.40 Å². The number of thiocyanates is 1. The normalized spacial score (nSPS) is 10.9. The maximum Gasteiger partial charge on any atom is 0.133 e. The van der Waals surface area contributed by atoms with Gasteiger partial charge in [0.1, 0.15) is 11.0 Å². The molecular weight excluding hydrogens is 254 g/mol. The Kier molecular flexibility index (Phi) is 4.62. The zero-order valence-corrected chi connectivity index (χ0v) is 11.6. The third kappa shape index (κ3) is 2.81. The second-order valence-electron chi connectivity index (χ2n) is 4.14. The van der Waals surface area contributed by atoms with Crippen LogP contribution in [-0.2, 0) is 10.3 Å². The number of thioether (sulfide) groups is 1. The van der Waals surface area contributed by atoms with Crippen molar-refractivity contribution in [1.29, 1.82) is 5.26 Å². The molecule has 0 N–H and O–H groups in total. The maximum atomic E-state index is 8.88. The van der Waals surface area contributed by atoms with Gasteiger partial charge in [-0.25, -0.2) is 0 Å². The molecule has 0 amide bonds. The highest BCUT2D eigenvalue weighted by atomic mass is 32.2. The van der Waals surface area contributed by atoms with Crippen molar-refractivity contribution in [3.05, 3.63) is 71.8 Å². The summed E-state index contributed by atoms with van der Waals surface area (Å²) in [4.78, 5) is 0. The summed E-state index contributed by atoms with van der Waals surface area (Å²) in [6.45, 7) is 0. The van der Waals surface area contributed by atoms with Gasteiger partial charge in [-0.05, 0) is 22.9 Å². The van der Waals surface area contributed by atoms with E-state index >= 15 is 0 Å². The number of ether oxygens (including phenoxy) is 1. The molecule has 0 saturated heterocycles. The summed E-state index contributed by atoms with van der Waals surface area (Å²) in [5, 5.41) is 11.0. The third-order valence-corrected chi connectivity index (χ3v) is 3.85. The molecule has 2 aromatic rings. The molecule has 0 saturated carbocycles. The second-order valence-corrected chi connectivity index (χ2v) is 4.90. The maximum absolute atomic E-state index is 8.88. The van der Waals surface area contributed by atoms with Gasteiger partial charge in [0.25, 0.3) is 0 Å². The lowest BCUT2D eigenvalue weighted by Crippen LogP contribution is -2.32. The van der Waals surface area contributed by atoms with Gasteiger partial charge in [-0.2, -0.15) is 5.26 Å². The fourth-order valence-corrected chi connectivity index (χ4v) is 2.90. The molecule has 0 fully saturated rings. The molecule has 0 bridgehead atoms. The first-order valence-corrected chi connectivity index (χ1v) is 6.99. The molecular formula is C16H15NOS. The number of methoxy groups -OCH3 is 1. The number of rotatable bonds is 5. The molecule has 2 rings (SSSR count). The molecule has 0 spiro atoms. The fraction of sp³-hybridized carbons (Fsp3) is 0.188. The van der Waals surface area contributed by atoms with Gasteiger partial charge in [0, 0.05) is 12.9 Å². The van der Waals surface area contributed by atoms with Crippen molar-refractivity contribution in [3.8, 4) is 5.40 Å². The first-order valence-electron chi connectivity index (χ1n) is 6.00. The van der Waals surface area contributed by atoms with E-state index in [0.29, 0.717) is 5.75 Å². The van der Waals surface area contributed by atoms with Crippen LogP contribution in [0.25, 0.3) is 0 Å². The summed E-state index contributed by atoms with van der Waals surface area (Å²) in [5.74, 6) is 0.564. The molecule has 0 aliphatic carbocycles. The van der Waals surface area contributed by atoms with E-state index in [0.717, 1.165) is 11.1 Å². The number of hydrogen-bond donors (Lipinski definition) is 0. The van der Waals surface area contributed by atoms with Crippen LogP contribution in [0.2, 0.25) is 0 Å². The summed E-state index contributed by atoms with van der Waals surface area (Å²) < 4.78 is 5.84. The van der Waals surface area contributed by atoms with Crippen LogP contribution in [-0.4, -0.2) is 12.9 Å². The first-order chi connectivity index (χ1) is 9.33. The average Bonchev–Trinajstić information content (AvgIpc) is 2.51. The molecule has 0 atom stereocenters. The van der Waals surface area contributed by atoms with Crippen molar-refractivity contribution in [2.75, 3.05) is 12.9 Å². The van der Waals surface area contributed by atoms with E-state index < -0.39 is 5.60 Å². The van der Waals surface area contributed by atoms with E-state index in [-0.39, 0.29) is 0 Å². The summed E-state index contributed by atoms with van der Waals surface area (Å²) in [7, 11) is 1.69. The quantitative estimate of drug-likeness (QED) is 0.774. The predicted molar refractivity (Wildman–Crippen MR) is 78.7 cm³/mol. The lowest BCUT2D eigenvalue weighted by Gasteiger charge is -2.32. The summed E-state index contributed by atoms with van der Waals surface area (Å²) in [6.07, 6.45) is 0. The number of nitrogens with zero attached hydrogens (tertiary/aromatic N) is 1. The van der Waals surface area contributed by atoms with Gasteiger partial charge in [0.05, 0.1) is 0 Å². The van der Waals surface area contributed by atoms with Crippen molar-refractivity contribution in [3.63, 3.8) is 0 Å². The fourth-order valence-electron chi connectivity index (χ4n) is 2.18. The van der Waals surface area contributed by atoms with Gasteiger partial charge < -0.3 is 4.74 Å². The Labute approximate surface area is 118 Å². The van der Waals surface area contributed by atoms with Crippen LogP contribution in [0.3, 0.4) is 0 Å². The van der Waals surface area contributed by atoms with Crippen LogP contribution < -0.4 is 0 Å². The van der Waals surface area contributed by atoms with E-state index in [1.807, 2.05) is 60.7 Å². The van der Waals surface area contributed by atoms with Gasteiger partial charge in [0.15, 0.2) is 0 Å². The minimum atomic E-state index is -0.580. The van der Waals surface area contributed by atoms with Gasteiger partial charge >= 0.3 is 0 Å². The van der Waals surface area contributed by atoms with Crippen LogP contribution in [0.15, 0.2) is 60.7 Å². The van der Waals surface area contributed by atoms with Crippen LogP contribution >= 0.6 is 11.8 Å². The monoisotopic (exact) mass is 269 g/mol. The Morgan fingerprint density at radius 1 is 1.00 bits per heavy atom. The standard InChI is InChI=1S/C16H15NOS/c1-18-16(12-19-13-17,14-8-4-2-5-9-14)15-10-6-3-7-11-15/h2-11H,12H2,1H3. The minimum absolute atomic E-state index is 0.564. The lowest BCUT2D eigenvalue weighted by molar-refractivity contribution is 0.0436. The zero-order valence-electron chi connectivity index (χ0n) is 10.7. The molecule has 2 nitrogen and oxygen atoms in total. The van der Waals surface area contributed by atoms with Crippen molar-refractivity contribution >= 4 is 11.8 Å². The van der Waals surface area contributed by atoms with Crippen LogP contribution in [0, 0.1) is 10.7 Å². The van der Waals surface area contributed by atoms with Crippen LogP contribution in [0.4, 0.5) is 0 Å². The number of benzene rings is 2. The van der Waals surface area contributed by atoms with E-state index in [4.69, 9.17) is 10.00 Å². The Bertz CT molecular complexity index is 508. The highest BCUT2D eigenvalue weighted by Crippen LogP contribution is 2.36. The Morgan fingerprint density at radius 2 is 1.47 bits per heavy atom. The summed E-state index contributed by atoms with van der Waals surface area (Å²) in [6, 6.07) is 20.1. The Hall–Kier alpha value is -1.76. The van der Waals surface area contributed by atoms with Crippen LogP contribution in [0.5, 0.6) is 0 Å². The molecule has 0 aromatic heterocycles. The second kappa shape index (κ2) is 6.42. The van der Waals surface area contributed by atoms with Crippen molar-refractivity contribution in [1.82, 2.24) is 0 Å². The highest BCUT2D eigenvalue weighted by Gasteiger charge is 2.34. The molecule has 0 aliphatic rings. The Balaban J connectivity index is 2.52. The minimum Gasteiger partial charge on any atom is -0.368 e. The SMILES string of the molecule is COC(CSC#N)(c1ccccc1)c1ccccc1. The lowest BCUT2D eigenvalue weighted by atomic mass is 9.88. The van der Waals surface area contributed by atoms with Gasteiger partial charge in [-0.3, -0.25) is 0 Å². The summed E-state index contributed by atoms with van der Waals surface area (Å²) in [5.41, 5.74) is 1.54.